The van der Waals surface area contributed by atoms with E-state index in [1.807, 2.05) is 0 Å². The molecular formula is C13H26N2O2S. The van der Waals surface area contributed by atoms with E-state index in [2.05, 4.69) is 12.2 Å². The molecule has 18 heavy (non-hydrogen) atoms. The second kappa shape index (κ2) is 6.35. The summed E-state index contributed by atoms with van der Waals surface area (Å²) in [6, 6.07) is 0.189. The molecule has 1 N–H and O–H groups in total. The number of nitrogens with zero attached hydrogens (tertiary/aromatic N) is 1. The summed E-state index contributed by atoms with van der Waals surface area (Å²) in [5.41, 5.74) is 0. The van der Waals surface area contributed by atoms with Gasteiger partial charge in [0.25, 0.3) is 0 Å². The highest BCUT2D eigenvalue weighted by atomic mass is 32.2. The molecule has 0 aromatic rings. The number of sulfonamides is 1. The lowest BCUT2D eigenvalue weighted by molar-refractivity contribution is 0.245. The van der Waals surface area contributed by atoms with Crippen LogP contribution in [0.25, 0.3) is 0 Å². The van der Waals surface area contributed by atoms with Crippen molar-refractivity contribution in [2.75, 3.05) is 25.4 Å². The SMILES string of the molecule is CCCNCC1CCCCN1S(=O)(=O)CC1CC1. The normalized spacial score (nSPS) is 26.4. The van der Waals surface area contributed by atoms with Crippen LogP contribution in [-0.4, -0.2) is 44.2 Å². The van der Waals surface area contributed by atoms with Crippen molar-refractivity contribution in [3.63, 3.8) is 0 Å². The fourth-order valence-electron chi connectivity index (χ4n) is 2.67. The minimum atomic E-state index is -3.01. The van der Waals surface area contributed by atoms with Crippen molar-refractivity contribution in [1.29, 1.82) is 0 Å². The summed E-state index contributed by atoms with van der Waals surface area (Å²) in [4.78, 5) is 0. The zero-order valence-corrected chi connectivity index (χ0v) is 12.2. The van der Waals surface area contributed by atoms with Gasteiger partial charge in [-0.05, 0) is 44.6 Å². The van der Waals surface area contributed by atoms with Crippen LogP contribution in [-0.2, 0) is 10.0 Å². The molecule has 1 unspecified atom stereocenters. The van der Waals surface area contributed by atoms with E-state index in [0.717, 1.165) is 58.2 Å². The van der Waals surface area contributed by atoms with Crippen LogP contribution in [0.1, 0.15) is 45.4 Å². The highest BCUT2D eigenvalue weighted by Gasteiger charge is 2.36. The molecule has 0 bridgehead atoms. The van der Waals surface area contributed by atoms with Gasteiger partial charge in [0.05, 0.1) is 5.75 Å². The molecule has 1 atom stereocenters. The second-order valence-corrected chi connectivity index (χ2v) is 7.65. The Kier molecular flexibility index (Phi) is 5.04. The molecule has 106 valence electrons. The third-order valence-electron chi connectivity index (χ3n) is 3.88. The molecule has 0 spiro atoms. The Morgan fingerprint density at radius 3 is 2.67 bits per heavy atom. The van der Waals surface area contributed by atoms with Gasteiger partial charge in [-0.3, -0.25) is 0 Å². The van der Waals surface area contributed by atoms with E-state index in [-0.39, 0.29) is 6.04 Å². The number of piperidine rings is 1. The second-order valence-electron chi connectivity index (χ2n) is 5.69. The van der Waals surface area contributed by atoms with Crippen molar-refractivity contribution in [2.24, 2.45) is 5.92 Å². The Bertz CT molecular complexity index is 352. The third kappa shape index (κ3) is 3.93. The van der Waals surface area contributed by atoms with E-state index >= 15 is 0 Å². The first kappa shape index (κ1) is 14.3. The van der Waals surface area contributed by atoms with Crippen molar-refractivity contribution in [3.05, 3.63) is 0 Å². The van der Waals surface area contributed by atoms with Gasteiger partial charge in [0.15, 0.2) is 0 Å². The summed E-state index contributed by atoms with van der Waals surface area (Å²) in [5.74, 6) is 0.832. The Balaban J connectivity index is 1.93. The standard InChI is InChI=1S/C13H26N2O2S/c1-2-8-14-10-13-5-3-4-9-15(13)18(16,17)11-12-6-7-12/h12-14H,2-11H2,1H3. The summed E-state index contributed by atoms with van der Waals surface area (Å²) >= 11 is 0. The van der Waals surface area contributed by atoms with E-state index in [1.165, 1.54) is 0 Å². The monoisotopic (exact) mass is 274 g/mol. The van der Waals surface area contributed by atoms with Crippen molar-refractivity contribution in [1.82, 2.24) is 9.62 Å². The van der Waals surface area contributed by atoms with Crippen LogP contribution in [0.2, 0.25) is 0 Å². The first-order chi connectivity index (χ1) is 8.63. The molecule has 1 heterocycles. The molecule has 2 aliphatic rings. The number of hydrogen-bond acceptors (Lipinski definition) is 3. The molecule has 1 aliphatic heterocycles. The van der Waals surface area contributed by atoms with E-state index in [4.69, 9.17) is 0 Å². The van der Waals surface area contributed by atoms with Crippen molar-refractivity contribution < 1.29 is 8.42 Å². The maximum Gasteiger partial charge on any atom is 0.214 e. The van der Waals surface area contributed by atoms with Gasteiger partial charge >= 0.3 is 0 Å². The van der Waals surface area contributed by atoms with Gasteiger partial charge < -0.3 is 5.32 Å². The van der Waals surface area contributed by atoms with Crippen LogP contribution in [0.15, 0.2) is 0 Å². The van der Waals surface area contributed by atoms with E-state index in [0.29, 0.717) is 11.7 Å². The van der Waals surface area contributed by atoms with E-state index < -0.39 is 10.0 Å². The molecule has 0 amide bonds. The van der Waals surface area contributed by atoms with Crippen LogP contribution in [0.4, 0.5) is 0 Å². The molecule has 0 radical (unpaired) electrons. The van der Waals surface area contributed by atoms with Crippen LogP contribution < -0.4 is 5.32 Å². The fraction of sp³-hybridized carbons (Fsp3) is 1.00. The van der Waals surface area contributed by atoms with Crippen LogP contribution in [0.3, 0.4) is 0 Å². The van der Waals surface area contributed by atoms with Gasteiger partial charge in [-0.1, -0.05) is 13.3 Å². The molecule has 1 saturated carbocycles. The first-order valence-corrected chi connectivity index (χ1v) is 8.94. The minimum absolute atomic E-state index is 0.189. The molecule has 2 fully saturated rings. The molecule has 2 rings (SSSR count). The molecular weight excluding hydrogens is 248 g/mol. The lowest BCUT2D eigenvalue weighted by Crippen LogP contribution is -2.49. The summed E-state index contributed by atoms with van der Waals surface area (Å²) in [7, 11) is -3.01. The quantitative estimate of drug-likeness (QED) is 0.717. The van der Waals surface area contributed by atoms with Crippen LogP contribution in [0.5, 0.6) is 0 Å². The summed E-state index contributed by atoms with van der Waals surface area (Å²) in [6.07, 6.45) is 6.50. The minimum Gasteiger partial charge on any atom is -0.315 e. The maximum absolute atomic E-state index is 12.4. The average molecular weight is 274 g/mol. The maximum atomic E-state index is 12.4. The first-order valence-electron chi connectivity index (χ1n) is 7.33. The lowest BCUT2D eigenvalue weighted by atomic mass is 10.1. The van der Waals surface area contributed by atoms with Crippen molar-refractivity contribution in [2.45, 2.75) is 51.5 Å². The number of hydrogen-bond donors (Lipinski definition) is 1. The van der Waals surface area contributed by atoms with Crippen LogP contribution >= 0.6 is 0 Å². The fourth-order valence-corrected chi connectivity index (χ4v) is 4.83. The van der Waals surface area contributed by atoms with Gasteiger partial charge in [0.1, 0.15) is 0 Å². The van der Waals surface area contributed by atoms with Gasteiger partial charge in [0, 0.05) is 19.1 Å². The molecule has 5 heteroatoms. The predicted molar refractivity (Wildman–Crippen MR) is 74.0 cm³/mol. The van der Waals surface area contributed by atoms with Gasteiger partial charge in [0.2, 0.25) is 10.0 Å². The Morgan fingerprint density at radius 1 is 1.22 bits per heavy atom. The zero-order chi connectivity index (χ0) is 13.0. The highest BCUT2D eigenvalue weighted by Crippen LogP contribution is 2.32. The molecule has 0 aromatic heterocycles. The van der Waals surface area contributed by atoms with Crippen molar-refractivity contribution in [3.8, 4) is 0 Å². The summed E-state index contributed by atoms with van der Waals surface area (Å²) in [5, 5.41) is 3.37. The number of rotatable bonds is 7. The topological polar surface area (TPSA) is 49.4 Å². The van der Waals surface area contributed by atoms with Gasteiger partial charge in [-0.15, -0.1) is 0 Å². The molecule has 0 aromatic carbocycles. The van der Waals surface area contributed by atoms with E-state index in [1.54, 1.807) is 4.31 Å². The lowest BCUT2D eigenvalue weighted by Gasteiger charge is -2.35. The zero-order valence-electron chi connectivity index (χ0n) is 11.4. The Labute approximate surface area is 111 Å². The van der Waals surface area contributed by atoms with Crippen LogP contribution in [0, 0.1) is 5.92 Å². The Hall–Kier alpha value is -0.130. The van der Waals surface area contributed by atoms with Gasteiger partial charge in [-0.2, -0.15) is 4.31 Å². The predicted octanol–water partition coefficient (Wildman–Crippen LogP) is 1.58. The molecule has 1 aliphatic carbocycles. The smallest absolute Gasteiger partial charge is 0.214 e. The summed E-state index contributed by atoms with van der Waals surface area (Å²) in [6.45, 7) is 4.66. The Morgan fingerprint density at radius 2 is 2.00 bits per heavy atom. The molecule has 4 nitrogen and oxygen atoms in total. The number of nitrogens with one attached hydrogen (secondary N) is 1. The highest BCUT2D eigenvalue weighted by molar-refractivity contribution is 7.89. The largest absolute Gasteiger partial charge is 0.315 e. The average Bonchev–Trinajstić information content (AvgIpc) is 3.13. The van der Waals surface area contributed by atoms with Gasteiger partial charge in [-0.25, -0.2) is 8.42 Å². The summed E-state index contributed by atoms with van der Waals surface area (Å²) < 4.78 is 26.5. The molecule has 1 saturated heterocycles. The third-order valence-corrected chi connectivity index (χ3v) is 5.97. The van der Waals surface area contributed by atoms with Crippen molar-refractivity contribution >= 4 is 10.0 Å². The van der Waals surface area contributed by atoms with E-state index in [9.17, 15) is 8.42 Å².